The predicted octanol–water partition coefficient (Wildman–Crippen LogP) is 5.31. The van der Waals surface area contributed by atoms with Crippen LogP contribution in [-0.4, -0.2) is 45.9 Å². The van der Waals surface area contributed by atoms with Crippen molar-refractivity contribution < 1.29 is 23.5 Å². The van der Waals surface area contributed by atoms with Crippen LogP contribution in [-0.2, 0) is 6.42 Å². The molecule has 1 aromatic heterocycles. The molecule has 3 rings (SSSR count). The number of aryl methyl sites for hydroxylation is 2. The molecule has 38 heavy (non-hydrogen) atoms. The second kappa shape index (κ2) is 13.2. The van der Waals surface area contributed by atoms with E-state index in [0.717, 1.165) is 36.6 Å². The van der Waals surface area contributed by atoms with Crippen LogP contribution in [0, 0.1) is 25.5 Å². The Bertz CT molecular complexity index is 1260. The molecule has 0 bridgehead atoms. The topological polar surface area (TPSA) is 82.5 Å². The van der Waals surface area contributed by atoms with Crippen molar-refractivity contribution in [3.8, 4) is 0 Å². The van der Waals surface area contributed by atoms with Gasteiger partial charge in [0.05, 0.1) is 11.7 Å². The van der Waals surface area contributed by atoms with Gasteiger partial charge in [-0.3, -0.25) is 14.6 Å². The fourth-order valence-electron chi connectivity index (χ4n) is 4.49. The van der Waals surface area contributed by atoms with Crippen molar-refractivity contribution in [1.82, 2.24) is 15.2 Å². The van der Waals surface area contributed by atoms with Crippen LogP contribution in [0.1, 0.15) is 76.0 Å². The molecule has 0 aliphatic rings. The Labute approximate surface area is 222 Å². The van der Waals surface area contributed by atoms with Crippen LogP contribution in [0.4, 0.5) is 8.78 Å². The first-order valence-corrected chi connectivity index (χ1v) is 12.9. The zero-order valence-electron chi connectivity index (χ0n) is 22.3. The number of hydrogen-bond acceptors (Lipinski definition) is 4. The van der Waals surface area contributed by atoms with E-state index in [0.29, 0.717) is 30.0 Å². The lowest BCUT2D eigenvalue weighted by atomic mass is 9.97. The number of hydrogen-bond donors (Lipinski definition) is 2. The number of carbonyl (C=O) groups is 2. The molecule has 0 aliphatic carbocycles. The molecule has 6 nitrogen and oxygen atoms in total. The Balaban J connectivity index is 1.93. The number of aliphatic hydroxyl groups excluding tert-OH is 1. The Kier molecular flexibility index (Phi) is 10.1. The second-order valence-corrected chi connectivity index (χ2v) is 9.59. The summed E-state index contributed by atoms with van der Waals surface area (Å²) in [7, 11) is 0. The van der Waals surface area contributed by atoms with Gasteiger partial charge in [0.2, 0.25) is 0 Å². The smallest absolute Gasteiger partial charge is 0.253 e. The van der Waals surface area contributed by atoms with E-state index < -0.39 is 29.7 Å². The summed E-state index contributed by atoms with van der Waals surface area (Å²) in [6.45, 7) is 8.82. The molecular weight excluding hydrogens is 488 g/mol. The van der Waals surface area contributed by atoms with Crippen LogP contribution in [0.5, 0.6) is 0 Å². The van der Waals surface area contributed by atoms with Crippen molar-refractivity contribution in [2.24, 2.45) is 0 Å². The third kappa shape index (κ3) is 7.68. The van der Waals surface area contributed by atoms with Crippen molar-refractivity contribution in [2.45, 2.75) is 59.1 Å². The maximum atomic E-state index is 13.9. The first-order valence-electron chi connectivity index (χ1n) is 12.9. The summed E-state index contributed by atoms with van der Waals surface area (Å²) in [5.74, 6) is -2.17. The molecule has 8 heteroatoms. The van der Waals surface area contributed by atoms with Crippen LogP contribution < -0.4 is 5.32 Å². The third-order valence-corrected chi connectivity index (χ3v) is 6.15. The third-order valence-electron chi connectivity index (χ3n) is 6.15. The van der Waals surface area contributed by atoms with E-state index in [9.17, 15) is 23.5 Å². The first-order chi connectivity index (χ1) is 18.1. The van der Waals surface area contributed by atoms with Gasteiger partial charge in [-0.05, 0) is 86.7 Å². The van der Waals surface area contributed by atoms with Gasteiger partial charge < -0.3 is 15.3 Å². The van der Waals surface area contributed by atoms with E-state index >= 15 is 0 Å². The summed E-state index contributed by atoms with van der Waals surface area (Å²) >= 11 is 0. The van der Waals surface area contributed by atoms with Crippen molar-refractivity contribution in [3.63, 3.8) is 0 Å². The monoisotopic (exact) mass is 523 g/mol. The van der Waals surface area contributed by atoms with Crippen molar-refractivity contribution in [2.75, 3.05) is 13.1 Å². The zero-order valence-corrected chi connectivity index (χ0v) is 22.3. The maximum Gasteiger partial charge on any atom is 0.253 e. The summed E-state index contributed by atoms with van der Waals surface area (Å²) < 4.78 is 27.8. The van der Waals surface area contributed by atoms with Crippen LogP contribution in [0.3, 0.4) is 0 Å². The number of benzene rings is 2. The van der Waals surface area contributed by atoms with E-state index in [2.05, 4.69) is 10.3 Å². The molecule has 3 aromatic rings. The average Bonchev–Trinajstić information content (AvgIpc) is 2.86. The predicted molar refractivity (Wildman–Crippen MR) is 143 cm³/mol. The molecule has 0 saturated carbocycles. The molecule has 2 N–H and O–H groups in total. The highest BCUT2D eigenvalue weighted by molar-refractivity contribution is 6.00. The highest BCUT2D eigenvalue weighted by atomic mass is 19.1. The number of nitrogens with zero attached hydrogens (tertiary/aromatic N) is 2. The van der Waals surface area contributed by atoms with Gasteiger partial charge in [0.15, 0.2) is 0 Å². The van der Waals surface area contributed by atoms with E-state index in [1.54, 1.807) is 55.1 Å². The molecule has 0 spiro atoms. The number of aromatic nitrogens is 1. The molecule has 0 fully saturated rings. The lowest BCUT2D eigenvalue weighted by Crippen LogP contribution is -2.41. The van der Waals surface area contributed by atoms with Gasteiger partial charge in [0.1, 0.15) is 17.7 Å². The van der Waals surface area contributed by atoms with Crippen LogP contribution in [0.2, 0.25) is 0 Å². The van der Waals surface area contributed by atoms with Crippen molar-refractivity contribution in [3.05, 3.63) is 99.9 Å². The Morgan fingerprint density at radius 1 is 0.947 bits per heavy atom. The molecule has 2 amide bonds. The maximum absolute atomic E-state index is 13.9. The number of amides is 2. The van der Waals surface area contributed by atoms with E-state index in [1.165, 1.54) is 0 Å². The second-order valence-electron chi connectivity index (χ2n) is 9.59. The molecule has 1 heterocycles. The molecule has 0 aliphatic heterocycles. The lowest BCUT2D eigenvalue weighted by molar-refractivity contribution is 0.0755. The number of carbonyl (C=O) groups excluding carboxylic acids is 2. The van der Waals surface area contributed by atoms with Gasteiger partial charge in [-0.2, -0.15) is 0 Å². The molecule has 0 radical (unpaired) electrons. The lowest BCUT2D eigenvalue weighted by Gasteiger charge is -2.25. The standard InChI is InChI=1S/C30H35F2N3O3/c1-5-10-35(11-6-2)30(38)23-13-19(3)12-22(17-23)29(37)34-27(16-21-14-24(31)18-25(32)15-21)28(36)26-9-7-8-20(4)33-26/h7-9,12-15,17-18,27-28,36H,5-6,10-11,16H2,1-4H3,(H,34,37)/t27-,28?/m0/s1. The molecule has 202 valence electrons. The summed E-state index contributed by atoms with van der Waals surface area (Å²) in [5, 5.41) is 14.0. The number of rotatable bonds is 11. The highest BCUT2D eigenvalue weighted by Gasteiger charge is 2.26. The summed E-state index contributed by atoms with van der Waals surface area (Å²) in [5.41, 5.74) is 2.66. The number of pyridine rings is 1. The molecule has 2 aromatic carbocycles. The highest BCUT2D eigenvalue weighted by Crippen LogP contribution is 2.21. The van der Waals surface area contributed by atoms with Gasteiger partial charge in [0.25, 0.3) is 11.8 Å². The van der Waals surface area contributed by atoms with Gasteiger partial charge in [-0.1, -0.05) is 19.9 Å². The van der Waals surface area contributed by atoms with Crippen LogP contribution in [0.25, 0.3) is 0 Å². The molecular formula is C30H35F2N3O3. The Hall–Kier alpha value is -3.65. The van der Waals surface area contributed by atoms with E-state index in [4.69, 9.17) is 0 Å². The average molecular weight is 524 g/mol. The van der Waals surface area contributed by atoms with Gasteiger partial charge in [-0.15, -0.1) is 0 Å². The summed E-state index contributed by atoms with van der Waals surface area (Å²) in [6.07, 6.45) is 0.340. The summed E-state index contributed by atoms with van der Waals surface area (Å²) in [6, 6.07) is 12.2. The quantitative estimate of drug-likeness (QED) is 0.357. The molecule has 1 unspecified atom stereocenters. The number of halogens is 2. The van der Waals surface area contributed by atoms with Gasteiger partial charge in [-0.25, -0.2) is 8.78 Å². The fourth-order valence-corrected chi connectivity index (χ4v) is 4.49. The van der Waals surface area contributed by atoms with Crippen LogP contribution >= 0.6 is 0 Å². The van der Waals surface area contributed by atoms with E-state index in [1.807, 2.05) is 13.8 Å². The number of aliphatic hydroxyl groups is 1. The van der Waals surface area contributed by atoms with Gasteiger partial charge in [0, 0.05) is 36.0 Å². The van der Waals surface area contributed by atoms with Crippen molar-refractivity contribution >= 4 is 11.8 Å². The zero-order chi connectivity index (χ0) is 27.8. The Morgan fingerprint density at radius 2 is 1.58 bits per heavy atom. The fraction of sp³-hybridized carbons (Fsp3) is 0.367. The minimum absolute atomic E-state index is 0.0460. The first kappa shape index (κ1) is 28.9. The molecule has 2 atom stereocenters. The number of nitrogens with one attached hydrogen (secondary N) is 1. The Morgan fingerprint density at radius 3 is 2.18 bits per heavy atom. The van der Waals surface area contributed by atoms with Gasteiger partial charge >= 0.3 is 0 Å². The largest absolute Gasteiger partial charge is 0.385 e. The van der Waals surface area contributed by atoms with Crippen LogP contribution in [0.15, 0.2) is 54.6 Å². The van der Waals surface area contributed by atoms with E-state index in [-0.39, 0.29) is 23.5 Å². The SMILES string of the molecule is CCCN(CCC)C(=O)c1cc(C)cc(C(=O)N[C@@H](Cc2cc(F)cc(F)c2)C(O)c2cccc(C)n2)c1. The summed E-state index contributed by atoms with van der Waals surface area (Å²) in [4.78, 5) is 32.7. The minimum atomic E-state index is -1.25. The minimum Gasteiger partial charge on any atom is -0.385 e. The van der Waals surface area contributed by atoms with Crippen molar-refractivity contribution in [1.29, 1.82) is 0 Å². The normalized spacial score (nSPS) is 12.6. The molecule has 0 saturated heterocycles.